The number of rotatable bonds is 0. The van der Waals surface area contributed by atoms with Gasteiger partial charge in [-0.1, -0.05) is 0 Å². The van der Waals surface area contributed by atoms with E-state index in [9.17, 15) is 0 Å². The topological polar surface area (TPSA) is 9.23 Å². The maximum absolute atomic E-state index is 4.94. The van der Waals surface area contributed by atoms with Crippen molar-refractivity contribution in [3.8, 4) is 0 Å². The Bertz CT molecular complexity index is 33.4. The van der Waals surface area contributed by atoms with Crippen molar-refractivity contribution in [2.75, 3.05) is 13.2 Å². The molecule has 1 fully saturated rings. The van der Waals surface area contributed by atoms with Gasteiger partial charge >= 0.3 is 37.9 Å². The fraction of sp³-hybridized carbons (Fsp3) is 1.00. The van der Waals surface area contributed by atoms with Gasteiger partial charge in [0, 0.05) is 13.2 Å². The normalized spacial score (nSPS) is 16.8. The van der Waals surface area contributed by atoms with Crippen molar-refractivity contribution in [3.05, 3.63) is 0 Å². The third-order valence-corrected chi connectivity index (χ3v) is 0.827. The van der Waals surface area contributed by atoms with Crippen LogP contribution in [-0.2, 0) is 25.6 Å². The second kappa shape index (κ2) is 8.42. The first-order chi connectivity index (χ1) is 3.91. The molecule has 0 aliphatic carbocycles. The second-order valence-electron chi connectivity index (χ2n) is 1.39. The van der Waals surface area contributed by atoms with E-state index in [0.29, 0.717) is 0 Å². The van der Waals surface area contributed by atoms with Crippen LogP contribution in [-0.4, -0.2) is 13.2 Å². The standard InChI is InChI=1S/C4H8O.2ClH.Zr/c1-2-4-5-3-1;;;/h1-4H2;2*1H;/q;;;+2/p-2. The van der Waals surface area contributed by atoms with Crippen LogP contribution >= 0.6 is 17.0 Å². The Balaban J connectivity index is 0.000000145. The summed E-state index contributed by atoms with van der Waals surface area (Å²) in [5.41, 5.74) is 0. The molecule has 0 saturated carbocycles. The first kappa shape index (κ1) is 9.42. The number of halogens is 2. The zero-order valence-corrected chi connectivity index (χ0v) is 8.46. The van der Waals surface area contributed by atoms with E-state index in [0.717, 1.165) is 13.2 Å². The van der Waals surface area contributed by atoms with Gasteiger partial charge in [-0.2, -0.15) is 0 Å². The van der Waals surface area contributed by atoms with E-state index in [1.165, 1.54) is 12.8 Å². The molecule has 0 aromatic carbocycles. The minimum absolute atomic E-state index is 0.826. The van der Waals surface area contributed by atoms with Crippen molar-refractivity contribution in [2.24, 2.45) is 0 Å². The van der Waals surface area contributed by atoms with Crippen molar-refractivity contribution in [2.45, 2.75) is 12.8 Å². The molecule has 0 aromatic rings. The summed E-state index contributed by atoms with van der Waals surface area (Å²) >= 11 is -0.826. The molecule has 0 bridgehead atoms. The van der Waals surface area contributed by atoms with Gasteiger partial charge in [0.2, 0.25) is 0 Å². The van der Waals surface area contributed by atoms with Gasteiger partial charge in [-0.15, -0.1) is 0 Å². The predicted octanol–water partition coefficient (Wildman–Crippen LogP) is 2.17. The molecule has 0 unspecified atom stereocenters. The Morgan fingerprint density at radius 2 is 1.50 bits per heavy atom. The van der Waals surface area contributed by atoms with Crippen LogP contribution in [0, 0.1) is 0 Å². The Kier molecular flexibility index (Phi) is 9.92. The van der Waals surface area contributed by atoms with Crippen LogP contribution < -0.4 is 0 Å². The van der Waals surface area contributed by atoms with E-state index in [1.54, 1.807) is 0 Å². The summed E-state index contributed by atoms with van der Waals surface area (Å²) < 4.78 is 4.94. The molecule has 0 radical (unpaired) electrons. The minimum atomic E-state index is -0.826. The van der Waals surface area contributed by atoms with Crippen LogP contribution in [0.3, 0.4) is 0 Å². The van der Waals surface area contributed by atoms with Gasteiger partial charge in [0.25, 0.3) is 0 Å². The number of hydrogen-bond acceptors (Lipinski definition) is 1. The van der Waals surface area contributed by atoms with Crippen LogP contribution in [0.5, 0.6) is 0 Å². The third-order valence-electron chi connectivity index (χ3n) is 0.827. The van der Waals surface area contributed by atoms with Gasteiger partial charge in [-0.3, -0.25) is 0 Å². The Morgan fingerprint density at radius 3 is 1.62 bits per heavy atom. The van der Waals surface area contributed by atoms with Gasteiger partial charge < -0.3 is 4.74 Å². The van der Waals surface area contributed by atoms with Crippen LogP contribution in [0.4, 0.5) is 0 Å². The molecule has 48 valence electrons. The zero-order valence-electron chi connectivity index (χ0n) is 4.49. The molecular formula is C4H8Cl2OZr. The molecule has 4 heteroatoms. The summed E-state index contributed by atoms with van der Waals surface area (Å²) in [6.07, 6.45) is 2.56. The summed E-state index contributed by atoms with van der Waals surface area (Å²) in [6, 6.07) is 0. The average molecular weight is 234 g/mol. The van der Waals surface area contributed by atoms with Crippen molar-refractivity contribution in [1.82, 2.24) is 0 Å². The van der Waals surface area contributed by atoms with Crippen molar-refractivity contribution >= 4 is 17.0 Å². The fourth-order valence-corrected chi connectivity index (χ4v) is 0.510. The molecule has 8 heavy (non-hydrogen) atoms. The monoisotopic (exact) mass is 232 g/mol. The predicted molar refractivity (Wildman–Crippen MR) is 31.8 cm³/mol. The molecule has 0 N–H and O–H groups in total. The summed E-state index contributed by atoms with van der Waals surface area (Å²) in [4.78, 5) is 0. The van der Waals surface area contributed by atoms with Crippen molar-refractivity contribution in [3.63, 3.8) is 0 Å². The van der Waals surface area contributed by atoms with Crippen LogP contribution in [0.15, 0.2) is 0 Å². The molecule has 1 aliphatic rings. The van der Waals surface area contributed by atoms with Gasteiger partial charge in [0.05, 0.1) is 0 Å². The zero-order chi connectivity index (χ0) is 6.24. The van der Waals surface area contributed by atoms with Crippen LogP contribution in [0.25, 0.3) is 0 Å². The number of ether oxygens (including phenoxy) is 1. The average Bonchev–Trinajstić information content (AvgIpc) is 2.17. The summed E-state index contributed by atoms with van der Waals surface area (Å²) in [6.45, 7) is 2.00. The van der Waals surface area contributed by atoms with E-state index in [4.69, 9.17) is 21.8 Å². The van der Waals surface area contributed by atoms with E-state index in [2.05, 4.69) is 0 Å². The molecular weight excluding hydrogens is 226 g/mol. The van der Waals surface area contributed by atoms with E-state index >= 15 is 0 Å². The Hall–Kier alpha value is 1.42. The molecule has 1 saturated heterocycles. The van der Waals surface area contributed by atoms with Gasteiger partial charge in [-0.05, 0) is 12.8 Å². The van der Waals surface area contributed by atoms with Crippen LogP contribution in [0.1, 0.15) is 12.8 Å². The molecule has 0 atom stereocenters. The summed E-state index contributed by atoms with van der Waals surface area (Å²) in [5, 5.41) is 0. The van der Waals surface area contributed by atoms with E-state index in [1.807, 2.05) is 0 Å². The molecule has 0 spiro atoms. The van der Waals surface area contributed by atoms with Gasteiger partial charge in [0.15, 0.2) is 0 Å². The van der Waals surface area contributed by atoms with Gasteiger partial charge in [-0.25, -0.2) is 0 Å². The SMILES string of the molecule is C1CCOC1.[Cl][Zr][Cl]. The van der Waals surface area contributed by atoms with Crippen LogP contribution in [0.2, 0.25) is 0 Å². The van der Waals surface area contributed by atoms with Crippen molar-refractivity contribution in [1.29, 1.82) is 0 Å². The molecule has 1 aliphatic heterocycles. The molecule has 1 heterocycles. The summed E-state index contributed by atoms with van der Waals surface area (Å²) in [5.74, 6) is 0. The van der Waals surface area contributed by atoms with Crippen molar-refractivity contribution < 1.29 is 25.6 Å². The number of hydrogen-bond donors (Lipinski definition) is 0. The van der Waals surface area contributed by atoms with Gasteiger partial charge in [0.1, 0.15) is 0 Å². The Labute approximate surface area is 68.4 Å². The third kappa shape index (κ3) is 7.42. The Morgan fingerprint density at radius 1 is 1.12 bits per heavy atom. The molecule has 0 amide bonds. The fourth-order valence-electron chi connectivity index (χ4n) is 0.510. The molecule has 0 aromatic heterocycles. The molecule has 1 nitrogen and oxygen atoms in total. The quantitative estimate of drug-likeness (QED) is 0.624. The molecule has 1 rings (SSSR count). The van der Waals surface area contributed by atoms with E-state index in [-0.39, 0.29) is 0 Å². The second-order valence-corrected chi connectivity index (χ2v) is 5.12. The van der Waals surface area contributed by atoms with E-state index < -0.39 is 20.8 Å². The first-order valence-corrected chi connectivity index (χ1v) is 8.79. The maximum atomic E-state index is 4.94. The summed E-state index contributed by atoms with van der Waals surface area (Å²) in [7, 11) is 9.87. The first-order valence-electron chi connectivity index (χ1n) is 2.46.